The van der Waals surface area contributed by atoms with E-state index in [2.05, 4.69) is 10.6 Å². The molecule has 23 heavy (non-hydrogen) atoms. The highest BCUT2D eigenvalue weighted by molar-refractivity contribution is 8.00. The van der Waals surface area contributed by atoms with E-state index in [1.54, 1.807) is 25.1 Å². The fourth-order valence-electron chi connectivity index (χ4n) is 1.40. The van der Waals surface area contributed by atoms with Crippen LogP contribution in [0.5, 0.6) is 0 Å². The number of carbonyl (C=O) groups is 3. The summed E-state index contributed by atoms with van der Waals surface area (Å²) in [6.07, 6.45) is 0. The van der Waals surface area contributed by atoms with Crippen molar-refractivity contribution < 1.29 is 19.1 Å². The normalized spacial score (nSPS) is 10.0. The standard InChI is InChI=1S/C14H16Cl2N2O4S/c1-2-17-12(19)6-18-13(20)7-22-14(21)8-23-11-5-9(15)3-4-10(11)16/h3-5H,2,6-8H2,1H3,(H,17,19)(H,18,20). The van der Waals surface area contributed by atoms with Gasteiger partial charge in [-0.2, -0.15) is 0 Å². The summed E-state index contributed by atoms with van der Waals surface area (Å²) in [7, 11) is 0. The molecule has 0 unspecified atom stereocenters. The molecule has 9 heteroatoms. The van der Waals surface area contributed by atoms with Gasteiger partial charge in [0.2, 0.25) is 5.91 Å². The van der Waals surface area contributed by atoms with Crippen molar-refractivity contribution in [3.05, 3.63) is 28.2 Å². The molecule has 1 rings (SSSR count). The Hall–Kier alpha value is -1.44. The number of ether oxygens (including phenoxy) is 1. The predicted octanol–water partition coefficient (Wildman–Crippen LogP) is 1.88. The maximum absolute atomic E-state index is 11.6. The zero-order valence-corrected chi connectivity index (χ0v) is 14.7. The molecule has 0 aliphatic heterocycles. The number of likely N-dealkylation sites (N-methyl/N-ethyl adjacent to an activating group) is 1. The predicted molar refractivity (Wildman–Crippen MR) is 89.8 cm³/mol. The monoisotopic (exact) mass is 378 g/mol. The average molecular weight is 379 g/mol. The molecule has 2 amide bonds. The first-order chi connectivity index (χ1) is 10.9. The Morgan fingerprint density at radius 3 is 2.61 bits per heavy atom. The van der Waals surface area contributed by atoms with Crippen LogP contribution in [0.4, 0.5) is 0 Å². The smallest absolute Gasteiger partial charge is 0.316 e. The van der Waals surface area contributed by atoms with Gasteiger partial charge in [0, 0.05) is 16.5 Å². The second-order valence-electron chi connectivity index (χ2n) is 4.25. The molecule has 0 aliphatic carbocycles. The van der Waals surface area contributed by atoms with Gasteiger partial charge < -0.3 is 15.4 Å². The lowest BCUT2D eigenvalue weighted by Crippen LogP contribution is -2.38. The van der Waals surface area contributed by atoms with Gasteiger partial charge in [-0.05, 0) is 25.1 Å². The highest BCUT2D eigenvalue weighted by atomic mass is 35.5. The molecule has 0 atom stereocenters. The minimum absolute atomic E-state index is 0.0103. The largest absolute Gasteiger partial charge is 0.455 e. The first-order valence-corrected chi connectivity index (χ1v) is 8.43. The number of amides is 2. The Balaban J connectivity index is 2.27. The van der Waals surface area contributed by atoms with Gasteiger partial charge in [0.1, 0.15) is 0 Å². The molecule has 2 N–H and O–H groups in total. The van der Waals surface area contributed by atoms with Crippen molar-refractivity contribution in [3.63, 3.8) is 0 Å². The quantitative estimate of drug-likeness (QED) is 0.532. The maximum atomic E-state index is 11.6. The zero-order valence-electron chi connectivity index (χ0n) is 12.4. The van der Waals surface area contributed by atoms with Crippen molar-refractivity contribution >= 4 is 52.7 Å². The summed E-state index contributed by atoms with van der Waals surface area (Å²) in [5.74, 6) is -1.43. The minimum atomic E-state index is -0.570. The Kier molecular flexibility index (Phi) is 8.83. The van der Waals surface area contributed by atoms with E-state index in [0.717, 1.165) is 11.8 Å². The number of hydrogen-bond donors (Lipinski definition) is 2. The lowest BCUT2D eigenvalue weighted by atomic mass is 10.4. The molecule has 0 saturated heterocycles. The van der Waals surface area contributed by atoms with Crippen LogP contribution in [0.15, 0.2) is 23.1 Å². The fourth-order valence-corrected chi connectivity index (χ4v) is 2.69. The highest BCUT2D eigenvalue weighted by Gasteiger charge is 2.11. The van der Waals surface area contributed by atoms with E-state index >= 15 is 0 Å². The number of benzene rings is 1. The van der Waals surface area contributed by atoms with Gasteiger partial charge in [-0.1, -0.05) is 23.2 Å². The topological polar surface area (TPSA) is 84.5 Å². The Morgan fingerprint density at radius 1 is 1.17 bits per heavy atom. The molecule has 1 aromatic rings. The van der Waals surface area contributed by atoms with E-state index < -0.39 is 18.5 Å². The first kappa shape index (κ1) is 19.6. The van der Waals surface area contributed by atoms with Crippen LogP contribution < -0.4 is 10.6 Å². The molecule has 0 saturated carbocycles. The van der Waals surface area contributed by atoms with Crippen molar-refractivity contribution in [3.8, 4) is 0 Å². The van der Waals surface area contributed by atoms with E-state index in [4.69, 9.17) is 27.9 Å². The van der Waals surface area contributed by atoms with Gasteiger partial charge in [0.15, 0.2) is 6.61 Å². The molecule has 1 aromatic carbocycles. The average Bonchev–Trinajstić information content (AvgIpc) is 2.52. The number of thioether (sulfide) groups is 1. The summed E-state index contributed by atoms with van der Waals surface area (Å²) in [6, 6.07) is 4.92. The maximum Gasteiger partial charge on any atom is 0.316 e. The van der Waals surface area contributed by atoms with E-state index in [-0.39, 0.29) is 18.2 Å². The number of hydrogen-bond acceptors (Lipinski definition) is 5. The van der Waals surface area contributed by atoms with Gasteiger partial charge >= 0.3 is 5.97 Å². The Morgan fingerprint density at radius 2 is 1.91 bits per heavy atom. The fraction of sp³-hybridized carbons (Fsp3) is 0.357. The van der Waals surface area contributed by atoms with Crippen molar-refractivity contribution in [2.45, 2.75) is 11.8 Å². The van der Waals surface area contributed by atoms with Crippen LogP contribution in [0.1, 0.15) is 6.92 Å². The second kappa shape index (κ2) is 10.4. The zero-order chi connectivity index (χ0) is 17.2. The molecule has 0 heterocycles. The van der Waals surface area contributed by atoms with Gasteiger partial charge in [-0.15, -0.1) is 11.8 Å². The van der Waals surface area contributed by atoms with E-state index in [9.17, 15) is 14.4 Å². The third-order valence-electron chi connectivity index (χ3n) is 2.42. The van der Waals surface area contributed by atoms with Crippen LogP contribution in [-0.4, -0.2) is 43.2 Å². The Bertz CT molecular complexity index is 584. The van der Waals surface area contributed by atoms with E-state index in [1.807, 2.05) is 0 Å². The number of rotatable bonds is 8. The molecule has 0 fully saturated rings. The van der Waals surface area contributed by atoms with Crippen LogP contribution in [0.25, 0.3) is 0 Å². The molecule has 0 aliphatic rings. The first-order valence-electron chi connectivity index (χ1n) is 6.69. The van der Waals surface area contributed by atoms with Gasteiger partial charge in [-0.25, -0.2) is 0 Å². The molecular weight excluding hydrogens is 363 g/mol. The van der Waals surface area contributed by atoms with Gasteiger partial charge in [0.05, 0.1) is 17.3 Å². The van der Waals surface area contributed by atoms with E-state index in [1.165, 1.54) is 0 Å². The van der Waals surface area contributed by atoms with Crippen LogP contribution in [0.3, 0.4) is 0 Å². The second-order valence-corrected chi connectivity index (χ2v) is 6.12. The number of esters is 1. The lowest BCUT2D eigenvalue weighted by Gasteiger charge is -2.07. The van der Waals surface area contributed by atoms with Crippen molar-refractivity contribution in [2.75, 3.05) is 25.4 Å². The summed E-state index contributed by atoms with van der Waals surface area (Å²) in [4.78, 5) is 34.8. The molecule has 0 spiro atoms. The third-order valence-corrected chi connectivity index (χ3v) is 4.13. The minimum Gasteiger partial charge on any atom is -0.455 e. The summed E-state index contributed by atoms with van der Waals surface area (Å²) < 4.78 is 4.81. The Labute approximate surface area is 148 Å². The molecule has 6 nitrogen and oxygen atoms in total. The summed E-state index contributed by atoms with van der Waals surface area (Å²) in [5, 5.41) is 5.85. The van der Waals surface area contributed by atoms with Crippen molar-refractivity contribution in [2.24, 2.45) is 0 Å². The summed E-state index contributed by atoms with van der Waals surface area (Å²) >= 11 is 13.0. The number of halogens is 2. The van der Waals surface area contributed by atoms with Crippen molar-refractivity contribution in [1.82, 2.24) is 10.6 Å². The number of carbonyl (C=O) groups excluding carboxylic acids is 3. The summed E-state index contributed by atoms with van der Waals surface area (Å²) in [6.45, 7) is 1.65. The van der Waals surface area contributed by atoms with Crippen LogP contribution >= 0.6 is 35.0 Å². The van der Waals surface area contributed by atoms with Crippen LogP contribution in [0.2, 0.25) is 10.0 Å². The van der Waals surface area contributed by atoms with Crippen molar-refractivity contribution in [1.29, 1.82) is 0 Å². The summed E-state index contributed by atoms with van der Waals surface area (Å²) in [5.41, 5.74) is 0. The SMILES string of the molecule is CCNC(=O)CNC(=O)COC(=O)CSc1cc(Cl)ccc1Cl. The third kappa shape index (κ3) is 8.11. The highest BCUT2D eigenvalue weighted by Crippen LogP contribution is 2.29. The molecule has 0 radical (unpaired) electrons. The van der Waals surface area contributed by atoms with Gasteiger partial charge in [-0.3, -0.25) is 14.4 Å². The number of nitrogens with one attached hydrogen (secondary N) is 2. The van der Waals surface area contributed by atoms with Gasteiger partial charge in [0.25, 0.3) is 5.91 Å². The van der Waals surface area contributed by atoms with Crippen LogP contribution in [-0.2, 0) is 19.1 Å². The van der Waals surface area contributed by atoms with Crippen LogP contribution in [0, 0.1) is 0 Å². The van der Waals surface area contributed by atoms with E-state index in [0.29, 0.717) is 21.5 Å². The molecule has 0 bridgehead atoms. The molecule has 126 valence electrons. The lowest BCUT2D eigenvalue weighted by molar-refractivity contribution is -0.146. The molecule has 0 aromatic heterocycles. The molecular formula is C14H16Cl2N2O4S.